The normalized spacial score (nSPS) is 11.8. The average molecular weight is 315 g/mol. The number of hydrogen-bond acceptors (Lipinski definition) is 5. The minimum atomic E-state index is -0.290. The lowest BCUT2D eigenvalue weighted by atomic mass is 10.1. The fourth-order valence-electron chi connectivity index (χ4n) is 1.76. The summed E-state index contributed by atoms with van der Waals surface area (Å²) in [4.78, 5) is 31.6. The quantitative estimate of drug-likeness (QED) is 0.521. The predicted octanol–water partition coefficient (Wildman–Crippen LogP) is 3.11. The Balaban J connectivity index is 1.97. The Morgan fingerprint density at radius 2 is 1.86 bits per heavy atom. The SMILES string of the molecule is CC(=O)c1ccc(NC(=O)C(C)Sc2cc(C)ncn2)cc1. The van der Waals surface area contributed by atoms with E-state index in [2.05, 4.69) is 15.3 Å². The van der Waals surface area contributed by atoms with Crippen LogP contribution in [0.3, 0.4) is 0 Å². The second-order valence-electron chi connectivity index (χ2n) is 4.88. The highest BCUT2D eigenvalue weighted by Crippen LogP contribution is 2.22. The van der Waals surface area contributed by atoms with Crippen LogP contribution >= 0.6 is 11.8 Å². The molecule has 0 radical (unpaired) electrons. The van der Waals surface area contributed by atoms with Crippen LogP contribution in [0.25, 0.3) is 0 Å². The lowest BCUT2D eigenvalue weighted by Gasteiger charge is -2.11. The summed E-state index contributed by atoms with van der Waals surface area (Å²) in [6.45, 7) is 5.21. The van der Waals surface area contributed by atoms with Crippen molar-refractivity contribution < 1.29 is 9.59 Å². The van der Waals surface area contributed by atoms with Crippen LogP contribution in [0.5, 0.6) is 0 Å². The summed E-state index contributed by atoms with van der Waals surface area (Å²) in [6, 6.07) is 8.69. The number of amides is 1. The lowest BCUT2D eigenvalue weighted by molar-refractivity contribution is -0.115. The number of ketones is 1. The van der Waals surface area contributed by atoms with Crippen LogP contribution in [0.1, 0.15) is 29.9 Å². The van der Waals surface area contributed by atoms with Gasteiger partial charge in [-0.1, -0.05) is 11.8 Å². The van der Waals surface area contributed by atoms with Gasteiger partial charge in [-0.3, -0.25) is 9.59 Å². The zero-order chi connectivity index (χ0) is 16.1. The van der Waals surface area contributed by atoms with Crippen molar-refractivity contribution in [1.29, 1.82) is 0 Å². The zero-order valence-corrected chi connectivity index (χ0v) is 13.5. The van der Waals surface area contributed by atoms with Crippen molar-refractivity contribution in [3.8, 4) is 0 Å². The minimum absolute atomic E-state index is 0.000862. The molecule has 1 atom stereocenters. The number of thioether (sulfide) groups is 1. The van der Waals surface area contributed by atoms with Gasteiger partial charge in [-0.2, -0.15) is 0 Å². The maximum atomic E-state index is 12.2. The molecule has 1 aromatic carbocycles. The van der Waals surface area contributed by atoms with Gasteiger partial charge in [0.1, 0.15) is 11.4 Å². The number of benzene rings is 1. The van der Waals surface area contributed by atoms with E-state index in [1.54, 1.807) is 24.3 Å². The molecule has 1 unspecified atom stereocenters. The van der Waals surface area contributed by atoms with E-state index >= 15 is 0 Å². The maximum absolute atomic E-state index is 12.2. The fraction of sp³-hybridized carbons (Fsp3) is 0.250. The molecular formula is C16H17N3O2S. The molecule has 5 nitrogen and oxygen atoms in total. The summed E-state index contributed by atoms with van der Waals surface area (Å²) < 4.78 is 0. The lowest BCUT2D eigenvalue weighted by Crippen LogP contribution is -2.22. The minimum Gasteiger partial charge on any atom is -0.325 e. The molecule has 1 N–H and O–H groups in total. The van der Waals surface area contributed by atoms with Crippen LogP contribution in [0.4, 0.5) is 5.69 Å². The van der Waals surface area contributed by atoms with Crippen molar-refractivity contribution in [2.24, 2.45) is 0 Å². The number of nitrogens with zero attached hydrogens (tertiary/aromatic N) is 2. The molecule has 114 valence electrons. The Morgan fingerprint density at radius 3 is 2.45 bits per heavy atom. The molecule has 0 aliphatic rings. The molecule has 0 aliphatic heterocycles. The summed E-state index contributed by atoms with van der Waals surface area (Å²) in [6.07, 6.45) is 1.49. The van der Waals surface area contributed by atoms with E-state index in [-0.39, 0.29) is 16.9 Å². The number of carbonyl (C=O) groups is 2. The van der Waals surface area contributed by atoms with E-state index in [0.717, 1.165) is 10.7 Å². The van der Waals surface area contributed by atoms with E-state index < -0.39 is 0 Å². The number of Topliss-reactive ketones (excluding diaryl/α,β-unsaturated/α-hetero) is 1. The fourth-order valence-corrected chi connectivity index (χ4v) is 2.64. The highest BCUT2D eigenvalue weighted by molar-refractivity contribution is 8.00. The van der Waals surface area contributed by atoms with E-state index in [4.69, 9.17) is 0 Å². The Hall–Kier alpha value is -2.21. The first-order valence-corrected chi connectivity index (χ1v) is 7.71. The highest BCUT2D eigenvalue weighted by atomic mass is 32.2. The third-order valence-corrected chi connectivity index (χ3v) is 4.04. The molecule has 2 rings (SSSR count). The Kier molecular flexibility index (Phi) is 5.27. The molecule has 0 saturated carbocycles. The molecule has 1 aromatic heterocycles. The van der Waals surface area contributed by atoms with Crippen molar-refractivity contribution in [3.05, 3.63) is 47.9 Å². The number of rotatable bonds is 5. The number of hydrogen-bond donors (Lipinski definition) is 1. The van der Waals surface area contributed by atoms with Crippen molar-refractivity contribution >= 4 is 29.1 Å². The molecule has 2 aromatic rings. The summed E-state index contributed by atoms with van der Waals surface area (Å²) in [5.41, 5.74) is 2.16. The molecule has 22 heavy (non-hydrogen) atoms. The number of carbonyl (C=O) groups excluding carboxylic acids is 2. The van der Waals surface area contributed by atoms with Gasteiger partial charge in [0.15, 0.2) is 5.78 Å². The van der Waals surface area contributed by atoms with Crippen LogP contribution in [-0.2, 0) is 4.79 Å². The second-order valence-corrected chi connectivity index (χ2v) is 6.24. The number of anilines is 1. The Bertz CT molecular complexity index is 686. The molecule has 1 amide bonds. The van der Waals surface area contributed by atoms with Crippen LogP contribution in [0, 0.1) is 6.92 Å². The van der Waals surface area contributed by atoms with Crippen LogP contribution in [0.15, 0.2) is 41.7 Å². The van der Waals surface area contributed by atoms with Gasteiger partial charge in [-0.05, 0) is 51.1 Å². The van der Waals surface area contributed by atoms with E-state index in [1.165, 1.54) is 25.0 Å². The van der Waals surface area contributed by atoms with Crippen molar-refractivity contribution in [1.82, 2.24) is 9.97 Å². The second kappa shape index (κ2) is 7.17. The van der Waals surface area contributed by atoms with Gasteiger partial charge in [0.2, 0.25) is 5.91 Å². The van der Waals surface area contributed by atoms with Crippen LogP contribution in [-0.4, -0.2) is 26.9 Å². The smallest absolute Gasteiger partial charge is 0.237 e. The predicted molar refractivity (Wildman–Crippen MR) is 87.2 cm³/mol. The van der Waals surface area contributed by atoms with Crippen molar-refractivity contribution in [2.45, 2.75) is 31.0 Å². The number of aromatic nitrogens is 2. The molecule has 1 heterocycles. The summed E-state index contributed by atoms with van der Waals surface area (Å²) in [7, 11) is 0. The van der Waals surface area contributed by atoms with Crippen LogP contribution < -0.4 is 5.32 Å². The van der Waals surface area contributed by atoms with Gasteiger partial charge in [-0.15, -0.1) is 0 Å². The first-order valence-electron chi connectivity index (χ1n) is 6.83. The summed E-state index contributed by atoms with van der Waals surface area (Å²) >= 11 is 1.38. The van der Waals surface area contributed by atoms with Crippen molar-refractivity contribution in [2.75, 3.05) is 5.32 Å². The van der Waals surface area contributed by atoms with E-state index in [1.807, 2.05) is 19.9 Å². The maximum Gasteiger partial charge on any atom is 0.237 e. The Labute approximate surface area is 133 Å². The largest absolute Gasteiger partial charge is 0.325 e. The summed E-state index contributed by atoms with van der Waals surface area (Å²) in [5.74, 6) is -0.113. The van der Waals surface area contributed by atoms with Gasteiger partial charge in [-0.25, -0.2) is 9.97 Å². The van der Waals surface area contributed by atoms with Gasteiger partial charge in [0.25, 0.3) is 0 Å². The molecule has 0 spiro atoms. The zero-order valence-electron chi connectivity index (χ0n) is 12.7. The summed E-state index contributed by atoms with van der Waals surface area (Å²) in [5, 5.41) is 3.30. The third kappa shape index (κ3) is 4.39. The first kappa shape index (κ1) is 16.2. The Morgan fingerprint density at radius 1 is 1.18 bits per heavy atom. The first-order chi connectivity index (χ1) is 10.5. The molecule has 0 saturated heterocycles. The van der Waals surface area contributed by atoms with E-state index in [0.29, 0.717) is 11.3 Å². The van der Waals surface area contributed by atoms with Gasteiger partial charge >= 0.3 is 0 Å². The van der Waals surface area contributed by atoms with Crippen molar-refractivity contribution in [3.63, 3.8) is 0 Å². The van der Waals surface area contributed by atoms with Gasteiger partial charge < -0.3 is 5.32 Å². The standard InChI is InChI=1S/C16H17N3O2S/c1-10-8-15(18-9-17-10)22-12(3)16(21)19-14-6-4-13(5-7-14)11(2)20/h4-9,12H,1-3H3,(H,19,21). The van der Waals surface area contributed by atoms with E-state index in [9.17, 15) is 9.59 Å². The molecule has 0 fully saturated rings. The number of aryl methyl sites for hydroxylation is 1. The highest BCUT2D eigenvalue weighted by Gasteiger charge is 2.15. The topological polar surface area (TPSA) is 72.0 Å². The monoisotopic (exact) mass is 315 g/mol. The number of nitrogens with one attached hydrogen (secondary N) is 1. The van der Waals surface area contributed by atoms with Gasteiger partial charge in [0.05, 0.1) is 5.25 Å². The molecule has 0 bridgehead atoms. The molecular weight excluding hydrogens is 298 g/mol. The third-order valence-electron chi connectivity index (χ3n) is 3.00. The molecule has 6 heteroatoms. The van der Waals surface area contributed by atoms with Gasteiger partial charge in [0, 0.05) is 16.9 Å². The van der Waals surface area contributed by atoms with Crippen LogP contribution in [0.2, 0.25) is 0 Å². The molecule has 0 aliphatic carbocycles. The average Bonchev–Trinajstić information content (AvgIpc) is 2.47.